The summed E-state index contributed by atoms with van der Waals surface area (Å²) in [7, 11) is -2.78. The van der Waals surface area contributed by atoms with Crippen molar-refractivity contribution in [3.63, 3.8) is 0 Å². The highest BCUT2D eigenvalue weighted by Crippen LogP contribution is 2.51. The quantitative estimate of drug-likeness (QED) is 0.163. The molecule has 0 heterocycles. The van der Waals surface area contributed by atoms with E-state index in [0.29, 0.717) is 11.8 Å². The molecule has 2 aromatic rings. The monoisotopic (exact) mass is 565 g/mol. The minimum atomic E-state index is -2.78. The fourth-order valence-electron chi connectivity index (χ4n) is 7.65. The van der Waals surface area contributed by atoms with E-state index in [4.69, 9.17) is 4.52 Å². The average Bonchev–Trinajstić information content (AvgIpc) is 3.00. The summed E-state index contributed by atoms with van der Waals surface area (Å²) in [5, 5.41) is 0. The minimum absolute atomic E-state index is 0.495. The van der Waals surface area contributed by atoms with Crippen molar-refractivity contribution in [2.24, 2.45) is 0 Å². The first-order chi connectivity index (χ1) is 19.7. The van der Waals surface area contributed by atoms with Gasteiger partial charge in [0.1, 0.15) is 0 Å². The van der Waals surface area contributed by atoms with Crippen molar-refractivity contribution in [1.29, 1.82) is 0 Å². The molecular formula is C36H54O3P+. The summed E-state index contributed by atoms with van der Waals surface area (Å²) in [6, 6.07) is 17.5. The van der Waals surface area contributed by atoms with E-state index in [1.165, 1.54) is 120 Å². The van der Waals surface area contributed by atoms with Crippen LogP contribution in [0, 0.1) is 0 Å². The normalized spacial score (nSPS) is 17.7. The molecule has 0 radical (unpaired) electrons. The second kappa shape index (κ2) is 16.8. The van der Waals surface area contributed by atoms with Gasteiger partial charge in [0.25, 0.3) is 0 Å². The molecule has 2 aromatic carbocycles. The first-order valence-corrected chi connectivity index (χ1v) is 17.8. The van der Waals surface area contributed by atoms with Crippen LogP contribution in [-0.4, -0.2) is 4.89 Å². The summed E-state index contributed by atoms with van der Waals surface area (Å²) in [6.07, 6.45) is 24.5. The van der Waals surface area contributed by atoms with Gasteiger partial charge in [-0.05, 0) is 72.6 Å². The summed E-state index contributed by atoms with van der Waals surface area (Å²) in [6.45, 7) is 2.27. The molecule has 4 heteroatoms. The van der Waals surface area contributed by atoms with Crippen LogP contribution in [0.1, 0.15) is 169 Å². The van der Waals surface area contributed by atoms with E-state index < -0.39 is 13.9 Å². The third kappa shape index (κ3) is 8.50. The highest BCUT2D eigenvalue weighted by molar-refractivity contribution is 7.32. The van der Waals surface area contributed by atoms with Gasteiger partial charge in [0, 0.05) is 4.57 Å². The Kier molecular flexibility index (Phi) is 13.2. The van der Waals surface area contributed by atoms with E-state index >= 15 is 0 Å². The number of hydrogen-bond acceptors (Lipinski definition) is 2. The zero-order valence-corrected chi connectivity index (χ0v) is 26.0. The molecule has 2 aliphatic rings. The van der Waals surface area contributed by atoms with Crippen molar-refractivity contribution in [2.45, 2.75) is 153 Å². The topological polar surface area (TPSA) is 46.5 Å². The molecule has 0 saturated heterocycles. The Labute approximate surface area is 245 Å². The highest BCUT2D eigenvalue weighted by atomic mass is 31.1. The zero-order chi connectivity index (χ0) is 28.0. The van der Waals surface area contributed by atoms with Crippen LogP contribution in [0.25, 0.3) is 0 Å². The van der Waals surface area contributed by atoms with Crippen molar-refractivity contribution in [2.75, 3.05) is 0 Å². The van der Waals surface area contributed by atoms with Crippen molar-refractivity contribution in [1.82, 2.24) is 0 Å². The lowest BCUT2D eigenvalue weighted by atomic mass is 9.71. The number of unbranched alkanes of at least 4 members (excludes halogenated alkanes) is 8. The molecule has 1 N–H and O–H groups in total. The van der Waals surface area contributed by atoms with Gasteiger partial charge in [-0.3, -0.25) is 0 Å². The van der Waals surface area contributed by atoms with Crippen LogP contribution in [0.2, 0.25) is 0 Å². The van der Waals surface area contributed by atoms with Crippen LogP contribution >= 0.6 is 8.25 Å². The Hall–Kier alpha value is -1.54. The van der Waals surface area contributed by atoms with Crippen LogP contribution in [0.15, 0.2) is 48.5 Å². The van der Waals surface area contributed by atoms with Gasteiger partial charge in [0.05, 0.1) is 0 Å². The summed E-state index contributed by atoms with van der Waals surface area (Å²) in [4.78, 5) is 10.4. The van der Waals surface area contributed by atoms with Gasteiger partial charge in [0.2, 0.25) is 0 Å². The standard InChI is InChI=1S/C36H53O3P/c1-2-3-4-5-6-7-8-9-20-29-36(39-40(37)38,34-27-18-16-25-32(34)30-21-12-10-13-22-30)35-28-19-17-26-33(35)31-23-14-11-15-24-31/h16-19,25-28,30-31H,2-15,20-24,29H2,1H3/p+1. The van der Waals surface area contributed by atoms with E-state index in [9.17, 15) is 9.46 Å². The van der Waals surface area contributed by atoms with E-state index in [0.717, 1.165) is 30.4 Å². The predicted octanol–water partition coefficient (Wildman–Crippen LogP) is 11.6. The third-order valence-electron chi connectivity index (χ3n) is 9.75. The number of rotatable bonds is 16. The van der Waals surface area contributed by atoms with E-state index in [1.54, 1.807) is 0 Å². The van der Waals surface area contributed by atoms with Gasteiger partial charge in [0.15, 0.2) is 5.60 Å². The van der Waals surface area contributed by atoms with Gasteiger partial charge in [-0.2, -0.15) is 0 Å². The fourth-order valence-corrected chi connectivity index (χ4v) is 8.20. The Morgan fingerprint density at radius 2 is 1.10 bits per heavy atom. The molecule has 2 aliphatic carbocycles. The zero-order valence-electron chi connectivity index (χ0n) is 25.1. The molecule has 1 atom stereocenters. The Morgan fingerprint density at radius 1 is 0.675 bits per heavy atom. The van der Waals surface area contributed by atoms with E-state index in [2.05, 4.69) is 55.5 Å². The molecule has 0 aliphatic heterocycles. The van der Waals surface area contributed by atoms with Crippen molar-refractivity contribution >= 4 is 8.25 Å². The van der Waals surface area contributed by atoms with Crippen molar-refractivity contribution in [3.8, 4) is 0 Å². The van der Waals surface area contributed by atoms with Crippen LogP contribution in [0.4, 0.5) is 0 Å². The average molecular weight is 566 g/mol. The molecule has 4 rings (SSSR count). The Morgan fingerprint density at radius 3 is 1.55 bits per heavy atom. The van der Waals surface area contributed by atoms with Crippen LogP contribution in [0.3, 0.4) is 0 Å². The van der Waals surface area contributed by atoms with Gasteiger partial charge < -0.3 is 0 Å². The summed E-state index contributed by atoms with van der Waals surface area (Å²) in [5.74, 6) is 0.990. The molecule has 220 valence electrons. The molecule has 2 saturated carbocycles. The molecule has 3 nitrogen and oxygen atoms in total. The van der Waals surface area contributed by atoms with Gasteiger partial charge in [-0.1, -0.05) is 145 Å². The summed E-state index contributed by atoms with van der Waals surface area (Å²) in [5.41, 5.74) is 4.07. The molecule has 40 heavy (non-hydrogen) atoms. The third-order valence-corrected chi connectivity index (χ3v) is 10.2. The lowest BCUT2D eigenvalue weighted by molar-refractivity contribution is 0.0881. The Balaban J connectivity index is 1.68. The molecular weight excluding hydrogens is 511 g/mol. The van der Waals surface area contributed by atoms with Crippen LogP contribution in [0.5, 0.6) is 0 Å². The summed E-state index contributed by atoms with van der Waals surface area (Å²) >= 11 is 0. The minimum Gasteiger partial charge on any atom is -0.133 e. The number of benzene rings is 2. The molecule has 0 aromatic heterocycles. The molecule has 1 unspecified atom stereocenters. The molecule has 0 spiro atoms. The van der Waals surface area contributed by atoms with Gasteiger partial charge in [-0.15, -0.1) is 9.42 Å². The highest BCUT2D eigenvalue weighted by Gasteiger charge is 2.47. The van der Waals surface area contributed by atoms with Crippen LogP contribution < -0.4 is 0 Å². The fraction of sp³-hybridized carbons (Fsp3) is 0.667. The first-order valence-electron chi connectivity index (χ1n) is 16.7. The Bertz CT molecular complexity index is 961. The largest absolute Gasteiger partial charge is 0.695 e. The maximum absolute atomic E-state index is 12.7. The smallest absolute Gasteiger partial charge is 0.133 e. The molecule has 2 fully saturated rings. The maximum atomic E-state index is 12.7. The second-order valence-corrected chi connectivity index (χ2v) is 13.2. The summed E-state index contributed by atoms with van der Waals surface area (Å²) < 4.78 is 19.1. The van der Waals surface area contributed by atoms with Gasteiger partial charge >= 0.3 is 8.25 Å². The van der Waals surface area contributed by atoms with E-state index in [-0.39, 0.29) is 0 Å². The lowest BCUT2D eigenvalue weighted by Crippen LogP contribution is -2.33. The van der Waals surface area contributed by atoms with Crippen LogP contribution in [-0.2, 0) is 14.7 Å². The first kappa shape index (κ1) is 31.4. The van der Waals surface area contributed by atoms with Crippen molar-refractivity contribution < 1.29 is 14.0 Å². The molecule has 0 bridgehead atoms. The van der Waals surface area contributed by atoms with E-state index in [1.807, 2.05) is 0 Å². The number of hydrogen-bond donors (Lipinski definition) is 1. The lowest BCUT2D eigenvalue weighted by Gasteiger charge is -2.36. The molecule has 0 amide bonds. The second-order valence-electron chi connectivity index (χ2n) is 12.6. The predicted molar refractivity (Wildman–Crippen MR) is 168 cm³/mol. The SMILES string of the molecule is CCCCCCCCCCCC(O[P+](=O)O)(c1ccccc1C1CCCCC1)c1ccccc1C1CCCCC1. The van der Waals surface area contributed by atoms with Gasteiger partial charge in [-0.25, -0.2) is 0 Å². The maximum Gasteiger partial charge on any atom is 0.695 e. The van der Waals surface area contributed by atoms with Crippen molar-refractivity contribution in [3.05, 3.63) is 70.8 Å².